The topological polar surface area (TPSA) is 59.1 Å². The van der Waals surface area contributed by atoms with Gasteiger partial charge >= 0.3 is 0 Å². The highest BCUT2D eigenvalue weighted by atomic mass is 32.1. The van der Waals surface area contributed by atoms with Crippen LogP contribution in [0.25, 0.3) is 0 Å². The van der Waals surface area contributed by atoms with Crippen LogP contribution in [-0.4, -0.2) is 55.0 Å². The van der Waals surface area contributed by atoms with E-state index >= 15 is 0 Å². The highest BCUT2D eigenvalue weighted by Crippen LogP contribution is 2.34. The van der Waals surface area contributed by atoms with Crippen LogP contribution in [0.2, 0.25) is 0 Å². The number of nitrogens with zero attached hydrogens (tertiary/aromatic N) is 2. The first-order valence-corrected chi connectivity index (χ1v) is 12.5. The zero-order valence-electron chi connectivity index (χ0n) is 19.2. The first kappa shape index (κ1) is 23.4. The van der Waals surface area contributed by atoms with Gasteiger partial charge in [-0.25, -0.2) is 0 Å². The van der Waals surface area contributed by atoms with Crippen LogP contribution in [0.4, 0.5) is 0 Å². The van der Waals surface area contributed by atoms with Crippen LogP contribution in [-0.2, 0) is 16.0 Å². The molecule has 4 rings (SSSR count). The van der Waals surface area contributed by atoms with Crippen LogP contribution in [0.3, 0.4) is 0 Å². The van der Waals surface area contributed by atoms with E-state index in [0.29, 0.717) is 25.4 Å². The van der Waals surface area contributed by atoms with Gasteiger partial charge in [0.25, 0.3) is 0 Å². The maximum absolute atomic E-state index is 13.5. The standard InChI is InChI=1S/C26H32N2O4S/c1-3-13-27(26(30)19-7-4-5-8-19)17-25(29)28-14-11-24-22(12-15-33-24)23(28)18-32-21-10-6-9-20(16-21)31-2/h3,6,9-10,12,15-16,19,23H,1,4-5,7-8,11,13-14,17-18H2,2H3/t23-/m0/s1. The number of hydrogen-bond acceptors (Lipinski definition) is 5. The summed E-state index contributed by atoms with van der Waals surface area (Å²) >= 11 is 1.72. The summed E-state index contributed by atoms with van der Waals surface area (Å²) in [6.45, 7) is 5.24. The van der Waals surface area contributed by atoms with Gasteiger partial charge in [0.1, 0.15) is 24.7 Å². The molecule has 2 aliphatic rings. The Kier molecular flexibility index (Phi) is 7.70. The van der Waals surface area contributed by atoms with Gasteiger partial charge in [-0.05, 0) is 48.4 Å². The van der Waals surface area contributed by atoms with Crippen molar-refractivity contribution in [3.63, 3.8) is 0 Å². The lowest BCUT2D eigenvalue weighted by atomic mass is 10.00. The van der Waals surface area contributed by atoms with Crippen LogP contribution in [0, 0.1) is 5.92 Å². The van der Waals surface area contributed by atoms with Crippen LogP contribution in [0.1, 0.15) is 42.2 Å². The fourth-order valence-corrected chi connectivity index (χ4v) is 5.74. The number of ether oxygens (including phenoxy) is 2. The van der Waals surface area contributed by atoms with Crippen molar-refractivity contribution in [2.45, 2.75) is 38.1 Å². The predicted molar refractivity (Wildman–Crippen MR) is 130 cm³/mol. The molecular formula is C26H32N2O4S. The predicted octanol–water partition coefficient (Wildman–Crippen LogP) is 4.47. The number of thiophene rings is 1. The molecule has 33 heavy (non-hydrogen) atoms. The minimum Gasteiger partial charge on any atom is -0.497 e. The fourth-order valence-electron chi connectivity index (χ4n) is 4.81. The Labute approximate surface area is 199 Å². The summed E-state index contributed by atoms with van der Waals surface area (Å²) in [5.74, 6) is 1.51. The van der Waals surface area contributed by atoms with Gasteiger partial charge in [0.05, 0.1) is 13.2 Å². The molecule has 0 saturated heterocycles. The zero-order chi connectivity index (χ0) is 23.2. The quantitative estimate of drug-likeness (QED) is 0.510. The zero-order valence-corrected chi connectivity index (χ0v) is 20.0. The number of benzene rings is 1. The van der Waals surface area contributed by atoms with E-state index in [2.05, 4.69) is 18.0 Å². The minimum absolute atomic E-state index is 0.0368. The molecule has 1 aromatic carbocycles. The Balaban J connectivity index is 1.49. The molecule has 1 aliphatic carbocycles. The van der Waals surface area contributed by atoms with Crippen molar-refractivity contribution in [1.29, 1.82) is 0 Å². The Morgan fingerprint density at radius 3 is 2.79 bits per heavy atom. The Bertz CT molecular complexity index is 982. The van der Waals surface area contributed by atoms with Gasteiger partial charge < -0.3 is 19.3 Å². The smallest absolute Gasteiger partial charge is 0.242 e. The summed E-state index contributed by atoms with van der Waals surface area (Å²) in [5.41, 5.74) is 1.14. The number of carbonyl (C=O) groups excluding carboxylic acids is 2. The van der Waals surface area contributed by atoms with Gasteiger partial charge in [0.15, 0.2) is 0 Å². The van der Waals surface area contributed by atoms with Gasteiger partial charge in [0.2, 0.25) is 11.8 Å². The molecule has 0 bridgehead atoms. The number of rotatable bonds is 9. The Morgan fingerprint density at radius 1 is 1.24 bits per heavy atom. The van der Waals surface area contributed by atoms with Gasteiger partial charge in [-0.3, -0.25) is 9.59 Å². The molecule has 1 aliphatic heterocycles. The SMILES string of the molecule is C=CCN(CC(=O)N1CCc2sccc2[C@@H]1COc1cccc(OC)c1)C(=O)C1CCCC1. The summed E-state index contributed by atoms with van der Waals surface area (Å²) in [4.78, 5) is 31.4. The minimum atomic E-state index is -0.189. The van der Waals surface area contributed by atoms with E-state index in [1.165, 1.54) is 4.88 Å². The summed E-state index contributed by atoms with van der Waals surface area (Å²) in [6, 6.07) is 9.38. The summed E-state index contributed by atoms with van der Waals surface area (Å²) < 4.78 is 11.4. The number of hydrogen-bond donors (Lipinski definition) is 0. The molecule has 1 aromatic heterocycles. The molecule has 1 atom stereocenters. The van der Waals surface area contributed by atoms with E-state index in [1.54, 1.807) is 29.4 Å². The lowest BCUT2D eigenvalue weighted by Gasteiger charge is -2.37. The number of methoxy groups -OCH3 is 1. The van der Waals surface area contributed by atoms with E-state index in [0.717, 1.165) is 43.4 Å². The summed E-state index contributed by atoms with van der Waals surface area (Å²) in [6.07, 6.45) is 6.54. The average Bonchev–Trinajstić information content (AvgIpc) is 3.54. The second-order valence-electron chi connectivity index (χ2n) is 8.63. The molecule has 0 spiro atoms. The van der Waals surface area contributed by atoms with E-state index in [-0.39, 0.29) is 30.3 Å². The first-order valence-electron chi connectivity index (χ1n) is 11.6. The number of carbonyl (C=O) groups is 2. The van der Waals surface area contributed by atoms with E-state index < -0.39 is 0 Å². The lowest BCUT2D eigenvalue weighted by Crippen LogP contribution is -2.48. The molecule has 0 radical (unpaired) electrons. The average molecular weight is 469 g/mol. The molecule has 176 valence electrons. The third-order valence-corrected chi connectivity index (χ3v) is 7.55. The van der Waals surface area contributed by atoms with Crippen molar-refractivity contribution in [2.75, 3.05) is 33.4 Å². The molecule has 2 aromatic rings. The van der Waals surface area contributed by atoms with E-state index in [1.807, 2.05) is 29.2 Å². The third kappa shape index (κ3) is 5.41. The molecule has 2 heterocycles. The highest BCUT2D eigenvalue weighted by Gasteiger charge is 2.34. The van der Waals surface area contributed by atoms with Crippen molar-refractivity contribution in [3.05, 3.63) is 58.8 Å². The van der Waals surface area contributed by atoms with Gasteiger partial charge in [-0.15, -0.1) is 17.9 Å². The Morgan fingerprint density at radius 2 is 2.03 bits per heavy atom. The molecule has 6 nitrogen and oxygen atoms in total. The molecule has 0 N–H and O–H groups in total. The van der Waals surface area contributed by atoms with Crippen LogP contribution < -0.4 is 9.47 Å². The summed E-state index contributed by atoms with van der Waals surface area (Å²) in [7, 11) is 1.63. The normalized spacial score (nSPS) is 18.0. The fraction of sp³-hybridized carbons (Fsp3) is 0.462. The Hall–Kier alpha value is -2.80. The van der Waals surface area contributed by atoms with E-state index in [9.17, 15) is 9.59 Å². The highest BCUT2D eigenvalue weighted by molar-refractivity contribution is 7.10. The van der Waals surface area contributed by atoms with Crippen molar-refractivity contribution in [1.82, 2.24) is 9.80 Å². The van der Waals surface area contributed by atoms with Crippen LogP contribution >= 0.6 is 11.3 Å². The summed E-state index contributed by atoms with van der Waals surface area (Å²) in [5, 5.41) is 2.07. The maximum Gasteiger partial charge on any atom is 0.242 e. The molecule has 1 fully saturated rings. The third-order valence-electron chi connectivity index (χ3n) is 6.56. The first-order chi connectivity index (χ1) is 16.1. The molecule has 1 saturated carbocycles. The lowest BCUT2D eigenvalue weighted by molar-refractivity contribution is -0.144. The van der Waals surface area contributed by atoms with Crippen molar-refractivity contribution in [2.24, 2.45) is 5.92 Å². The molecular weight excluding hydrogens is 436 g/mol. The van der Waals surface area contributed by atoms with Crippen LogP contribution in [0.5, 0.6) is 11.5 Å². The van der Waals surface area contributed by atoms with Crippen molar-refractivity contribution < 1.29 is 19.1 Å². The van der Waals surface area contributed by atoms with E-state index in [4.69, 9.17) is 9.47 Å². The monoisotopic (exact) mass is 468 g/mol. The maximum atomic E-state index is 13.5. The van der Waals surface area contributed by atoms with Crippen molar-refractivity contribution >= 4 is 23.2 Å². The number of amides is 2. The van der Waals surface area contributed by atoms with Crippen LogP contribution in [0.15, 0.2) is 48.4 Å². The van der Waals surface area contributed by atoms with Gasteiger partial charge in [0, 0.05) is 30.0 Å². The van der Waals surface area contributed by atoms with Gasteiger partial charge in [-0.2, -0.15) is 0 Å². The number of fused-ring (bicyclic) bond motifs is 1. The second kappa shape index (κ2) is 10.9. The van der Waals surface area contributed by atoms with Crippen molar-refractivity contribution in [3.8, 4) is 11.5 Å². The molecule has 2 amide bonds. The second-order valence-corrected chi connectivity index (χ2v) is 9.63. The largest absolute Gasteiger partial charge is 0.497 e. The molecule has 7 heteroatoms. The molecule has 0 unspecified atom stereocenters. The van der Waals surface area contributed by atoms with Gasteiger partial charge in [-0.1, -0.05) is 25.0 Å².